The summed E-state index contributed by atoms with van der Waals surface area (Å²) in [7, 11) is 0. The van der Waals surface area contributed by atoms with Gasteiger partial charge in [0.15, 0.2) is 0 Å². The number of carbonyl (C=O) groups is 2. The monoisotopic (exact) mass is 248 g/mol. The highest BCUT2D eigenvalue weighted by Gasteiger charge is 2.19. The lowest BCUT2D eigenvalue weighted by molar-refractivity contribution is -0.135. The predicted octanol–water partition coefficient (Wildman–Crippen LogP) is 2.98. The van der Waals surface area contributed by atoms with Crippen molar-refractivity contribution in [2.24, 2.45) is 5.92 Å². The third-order valence-corrected chi connectivity index (χ3v) is 3.04. The molecule has 1 heterocycles. The van der Waals surface area contributed by atoms with Crippen molar-refractivity contribution in [1.29, 1.82) is 0 Å². The van der Waals surface area contributed by atoms with Gasteiger partial charge in [0.05, 0.1) is 5.57 Å². The van der Waals surface area contributed by atoms with Crippen LogP contribution in [0.1, 0.15) is 33.6 Å². The molecule has 1 aliphatic heterocycles. The molecular formula is C15H20O3. The first kappa shape index (κ1) is 14.4. The van der Waals surface area contributed by atoms with E-state index in [0.717, 1.165) is 17.6 Å². The Morgan fingerprint density at radius 3 is 2.61 bits per heavy atom. The maximum Gasteiger partial charge on any atom is 0.338 e. The molecule has 0 spiro atoms. The zero-order chi connectivity index (χ0) is 13.7. The lowest BCUT2D eigenvalue weighted by atomic mass is 9.94. The predicted molar refractivity (Wildman–Crippen MR) is 71.0 cm³/mol. The van der Waals surface area contributed by atoms with Gasteiger partial charge in [-0.05, 0) is 38.7 Å². The highest BCUT2D eigenvalue weighted by molar-refractivity contribution is 5.94. The van der Waals surface area contributed by atoms with Crippen LogP contribution in [0.4, 0.5) is 0 Å². The van der Waals surface area contributed by atoms with E-state index < -0.39 is 0 Å². The van der Waals surface area contributed by atoms with Gasteiger partial charge in [-0.25, -0.2) is 4.79 Å². The van der Waals surface area contributed by atoms with Gasteiger partial charge in [-0.15, -0.1) is 0 Å². The van der Waals surface area contributed by atoms with Gasteiger partial charge in [0.25, 0.3) is 0 Å². The number of carbonyl (C=O) groups excluding carboxylic acids is 2. The number of cyclic esters (lactones) is 1. The van der Waals surface area contributed by atoms with E-state index in [1.54, 1.807) is 13.0 Å². The number of esters is 1. The van der Waals surface area contributed by atoms with Crippen molar-refractivity contribution >= 4 is 11.8 Å². The number of allylic oxidation sites excluding steroid dienone is 2. The molecule has 0 radical (unpaired) electrons. The fourth-order valence-corrected chi connectivity index (χ4v) is 1.79. The molecule has 0 saturated heterocycles. The Morgan fingerprint density at radius 1 is 1.50 bits per heavy atom. The van der Waals surface area contributed by atoms with Gasteiger partial charge >= 0.3 is 5.97 Å². The van der Waals surface area contributed by atoms with Crippen LogP contribution in [0.5, 0.6) is 0 Å². The number of hydrogen-bond donors (Lipinski definition) is 0. The molecule has 0 N–H and O–H groups in total. The molecule has 0 aromatic rings. The number of ether oxygens (including phenoxy) is 1. The van der Waals surface area contributed by atoms with Crippen molar-refractivity contribution in [2.45, 2.75) is 33.6 Å². The standard InChI is InChI=1S/C15H20O3/c1-10(2)13(6-5-12(4)16)7-8-14-11(3)9-18-15(14)17/h7-8,13H,1,5-6,9H2,2-4H3/t13-/m1/s1. The number of hydrogen-bond acceptors (Lipinski definition) is 3. The maximum absolute atomic E-state index is 11.4. The molecule has 0 unspecified atom stereocenters. The minimum atomic E-state index is -0.268. The molecule has 0 aromatic heterocycles. The summed E-state index contributed by atoms with van der Waals surface area (Å²) in [6.45, 7) is 9.70. The van der Waals surface area contributed by atoms with Crippen LogP contribution in [0.3, 0.4) is 0 Å². The van der Waals surface area contributed by atoms with Crippen LogP contribution < -0.4 is 0 Å². The molecule has 0 fully saturated rings. The van der Waals surface area contributed by atoms with Gasteiger partial charge in [0, 0.05) is 6.42 Å². The first-order valence-electron chi connectivity index (χ1n) is 6.11. The Kier molecular flexibility index (Phi) is 5.08. The van der Waals surface area contributed by atoms with Gasteiger partial charge in [-0.3, -0.25) is 0 Å². The van der Waals surface area contributed by atoms with Crippen LogP contribution in [0.15, 0.2) is 35.5 Å². The smallest absolute Gasteiger partial charge is 0.338 e. The highest BCUT2D eigenvalue weighted by Crippen LogP contribution is 2.21. The number of ketones is 1. The van der Waals surface area contributed by atoms with Crippen LogP contribution in [-0.2, 0) is 14.3 Å². The van der Waals surface area contributed by atoms with E-state index in [0.29, 0.717) is 18.6 Å². The average Bonchev–Trinajstić information content (AvgIpc) is 2.59. The van der Waals surface area contributed by atoms with Crippen LogP contribution in [-0.4, -0.2) is 18.4 Å². The van der Waals surface area contributed by atoms with Gasteiger partial charge in [-0.1, -0.05) is 24.3 Å². The quantitative estimate of drug-likeness (QED) is 0.536. The topological polar surface area (TPSA) is 43.4 Å². The Labute approximate surface area is 108 Å². The van der Waals surface area contributed by atoms with E-state index in [4.69, 9.17) is 4.74 Å². The summed E-state index contributed by atoms with van der Waals surface area (Å²) in [5.41, 5.74) is 2.57. The Hall–Kier alpha value is -1.64. The fourth-order valence-electron chi connectivity index (χ4n) is 1.79. The summed E-state index contributed by atoms with van der Waals surface area (Å²) in [5.74, 6) is 0.0312. The third-order valence-electron chi connectivity index (χ3n) is 3.04. The van der Waals surface area contributed by atoms with Crippen LogP contribution >= 0.6 is 0 Å². The lowest BCUT2D eigenvalue weighted by Crippen LogP contribution is -2.02. The van der Waals surface area contributed by atoms with E-state index in [1.807, 2.05) is 19.9 Å². The van der Waals surface area contributed by atoms with Gasteiger partial charge in [0.2, 0.25) is 0 Å². The maximum atomic E-state index is 11.4. The SMILES string of the molecule is C=C(C)[C@@H](C=CC1=C(C)COC1=O)CCC(C)=O. The first-order valence-corrected chi connectivity index (χ1v) is 6.11. The fraction of sp³-hybridized carbons (Fsp3) is 0.467. The molecule has 0 bridgehead atoms. The second kappa shape index (κ2) is 6.34. The van der Waals surface area contributed by atoms with E-state index in [1.165, 1.54) is 0 Å². The van der Waals surface area contributed by atoms with E-state index >= 15 is 0 Å². The molecule has 98 valence electrons. The third kappa shape index (κ3) is 3.99. The molecule has 1 atom stereocenters. The van der Waals surface area contributed by atoms with Gasteiger partial charge in [0.1, 0.15) is 12.4 Å². The molecule has 0 aromatic carbocycles. The molecule has 3 heteroatoms. The van der Waals surface area contributed by atoms with Crippen molar-refractivity contribution < 1.29 is 14.3 Å². The normalized spacial score (nSPS) is 17.2. The number of rotatable bonds is 6. The van der Waals surface area contributed by atoms with Crippen molar-refractivity contribution in [1.82, 2.24) is 0 Å². The molecule has 0 amide bonds. The summed E-state index contributed by atoms with van der Waals surface area (Å²) >= 11 is 0. The molecule has 18 heavy (non-hydrogen) atoms. The zero-order valence-corrected chi connectivity index (χ0v) is 11.3. The van der Waals surface area contributed by atoms with Crippen molar-refractivity contribution in [3.05, 3.63) is 35.5 Å². The molecule has 3 nitrogen and oxygen atoms in total. The first-order chi connectivity index (χ1) is 8.41. The van der Waals surface area contributed by atoms with Crippen molar-refractivity contribution in [2.75, 3.05) is 6.61 Å². The Balaban J connectivity index is 2.72. The minimum absolute atomic E-state index is 0.127. The van der Waals surface area contributed by atoms with Gasteiger partial charge in [-0.2, -0.15) is 0 Å². The van der Waals surface area contributed by atoms with E-state index in [2.05, 4.69) is 6.58 Å². The largest absolute Gasteiger partial charge is 0.458 e. The molecular weight excluding hydrogens is 228 g/mol. The second-order valence-corrected chi connectivity index (χ2v) is 4.82. The molecule has 1 rings (SSSR count). The average molecular weight is 248 g/mol. The van der Waals surface area contributed by atoms with E-state index in [-0.39, 0.29) is 17.7 Å². The molecule has 1 aliphatic rings. The van der Waals surface area contributed by atoms with Crippen LogP contribution in [0.2, 0.25) is 0 Å². The Bertz CT molecular complexity index is 427. The summed E-state index contributed by atoms with van der Waals surface area (Å²) in [6.07, 6.45) is 5.01. The summed E-state index contributed by atoms with van der Waals surface area (Å²) in [5, 5.41) is 0. The lowest BCUT2D eigenvalue weighted by Gasteiger charge is -2.11. The van der Waals surface area contributed by atoms with E-state index in [9.17, 15) is 9.59 Å². The van der Waals surface area contributed by atoms with Crippen LogP contribution in [0, 0.1) is 5.92 Å². The molecule has 0 saturated carbocycles. The van der Waals surface area contributed by atoms with Crippen molar-refractivity contribution in [3.8, 4) is 0 Å². The zero-order valence-electron chi connectivity index (χ0n) is 11.3. The minimum Gasteiger partial charge on any atom is -0.458 e. The molecule has 0 aliphatic carbocycles. The van der Waals surface area contributed by atoms with Gasteiger partial charge < -0.3 is 9.53 Å². The summed E-state index contributed by atoms with van der Waals surface area (Å²) < 4.78 is 4.93. The Morgan fingerprint density at radius 2 is 2.17 bits per heavy atom. The highest BCUT2D eigenvalue weighted by atomic mass is 16.5. The van der Waals surface area contributed by atoms with Crippen molar-refractivity contribution in [3.63, 3.8) is 0 Å². The second-order valence-electron chi connectivity index (χ2n) is 4.82. The number of Topliss-reactive ketones (excluding diaryl/α,β-unsaturated/α-hetero) is 1. The summed E-state index contributed by atoms with van der Waals surface area (Å²) in [6, 6.07) is 0. The summed E-state index contributed by atoms with van der Waals surface area (Å²) in [4.78, 5) is 22.4. The van der Waals surface area contributed by atoms with Crippen LogP contribution in [0.25, 0.3) is 0 Å².